The van der Waals surface area contributed by atoms with E-state index in [-0.39, 0.29) is 0 Å². The Balaban J connectivity index is 3.19. The maximum atomic E-state index is 11.2. The van der Waals surface area contributed by atoms with Crippen LogP contribution in [-0.4, -0.2) is 18.2 Å². The lowest BCUT2D eigenvalue weighted by Gasteiger charge is -2.13. The molecule has 15 heavy (non-hydrogen) atoms. The Labute approximate surface area is 101 Å². The molecule has 0 fully saturated rings. The lowest BCUT2D eigenvalue weighted by Crippen LogP contribution is -2.14. The van der Waals surface area contributed by atoms with Crippen molar-refractivity contribution in [2.24, 2.45) is 0 Å². The molecular weight excluding hydrogens is 283 g/mol. The summed E-state index contributed by atoms with van der Waals surface area (Å²) in [6, 6.07) is 3.34. The van der Waals surface area contributed by atoms with Gasteiger partial charge in [-0.05, 0) is 30.2 Å². The molecule has 0 aliphatic heterocycles. The summed E-state index contributed by atoms with van der Waals surface area (Å²) >= 11 is 9.16. The quantitative estimate of drug-likeness (QED) is 0.853. The Kier molecular flexibility index (Phi) is 4.13. The smallest absolute Gasteiger partial charge is 0.339 e. The number of carbonyl (C=O) groups is 1. The maximum absolute atomic E-state index is 11.2. The fourth-order valence-corrected chi connectivity index (χ4v) is 2.02. The Hall–Kier alpha value is -0.580. The molecule has 1 N–H and O–H groups in total. The topological polar surface area (TPSA) is 46.5 Å². The van der Waals surface area contributed by atoms with Crippen LogP contribution in [-0.2, 0) is 9.53 Å². The first-order chi connectivity index (χ1) is 6.97. The number of hydrogen-bond acceptors (Lipinski definition) is 3. The highest BCUT2D eigenvalue weighted by molar-refractivity contribution is 9.10. The normalized spacial score (nSPS) is 12.3. The van der Waals surface area contributed by atoms with Gasteiger partial charge in [0.2, 0.25) is 0 Å². The van der Waals surface area contributed by atoms with Crippen molar-refractivity contribution in [2.45, 2.75) is 13.0 Å². The Bertz CT molecular complexity index is 392. The summed E-state index contributed by atoms with van der Waals surface area (Å²) in [5, 5.41) is 10.2. The first-order valence-corrected chi connectivity index (χ1v) is 5.36. The van der Waals surface area contributed by atoms with Crippen LogP contribution in [0.3, 0.4) is 0 Å². The van der Waals surface area contributed by atoms with E-state index in [1.54, 1.807) is 19.1 Å². The lowest BCUT2D eigenvalue weighted by atomic mass is 10.0. The van der Waals surface area contributed by atoms with Crippen LogP contribution in [0.4, 0.5) is 0 Å². The van der Waals surface area contributed by atoms with Gasteiger partial charge in [-0.25, -0.2) is 4.79 Å². The van der Waals surface area contributed by atoms with Crippen molar-refractivity contribution in [1.82, 2.24) is 0 Å². The fraction of sp³-hybridized carbons (Fsp3) is 0.300. The minimum atomic E-state index is -1.30. The van der Waals surface area contributed by atoms with E-state index in [0.29, 0.717) is 20.6 Å². The Morgan fingerprint density at radius 3 is 2.73 bits per heavy atom. The van der Waals surface area contributed by atoms with Crippen molar-refractivity contribution >= 4 is 33.5 Å². The van der Waals surface area contributed by atoms with Gasteiger partial charge in [-0.3, -0.25) is 0 Å². The number of esters is 1. The molecule has 3 nitrogen and oxygen atoms in total. The third-order valence-corrected chi connectivity index (χ3v) is 2.92. The number of rotatable bonds is 2. The molecule has 0 radical (unpaired) electrons. The van der Waals surface area contributed by atoms with Crippen LogP contribution in [0.5, 0.6) is 0 Å². The number of benzene rings is 1. The van der Waals surface area contributed by atoms with Gasteiger partial charge in [0, 0.05) is 9.50 Å². The summed E-state index contributed by atoms with van der Waals surface area (Å²) in [7, 11) is 1.22. The predicted molar refractivity (Wildman–Crippen MR) is 60.9 cm³/mol. The van der Waals surface area contributed by atoms with Gasteiger partial charge < -0.3 is 9.84 Å². The third-order valence-electron chi connectivity index (χ3n) is 2.07. The summed E-state index contributed by atoms with van der Waals surface area (Å²) < 4.78 is 5.16. The molecule has 0 spiro atoms. The molecule has 0 aliphatic rings. The predicted octanol–water partition coefficient (Wildman–Crippen LogP) is 2.62. The zero-order chi connectivity index (χ0) is 11.6. The minimum Gasteiger partial charge on any atom is -0.467 e. The zero-order valence-electron chi connectivity index (χ0n) is 8.25. The van der Waals surface area contributed by atoms with Crippen molar-refractivity contribution in [3.05, 3.63) is 32.8 Å². The molecule has 5 heteroatoms. The standard InChI is InChI=1S/C10H10BrClO3/c1-5-7(9(13)10(14)15-2)3-6(11)4-8(5)12/h3-4,9,13H,1-2H3. The van der Waals surface area contributed by atoms with Crippen LogP contribution in [0.2, 0.25) is 5.02 Å². The van der Waals surface area contributed by atoms with Gasteiger partial charge in [0.05, 0.1) is 7.11 Å². The van der Waals surface area contributed by atoms with Crippen LogP contribution in [0.1, 0.15) is 17.2 Å². The molecule has 1 aromatic carbocycles. The number of methoxy groups -OCH3 is 1. The summed E-state index contributed by atoms with van der Waals surface area (Å²) in [5.41, 5.74) is 1.11. The lowest BCUT2D eigenvalue weighted by molar-refractivity contribution is -0.150. The largest absolute Gasteiger partial charge is 0.467 e. The second-order valence-electron chi connectivity index (χ2n) is 3.03. The molecule has 0 saturated heterocycles. The van der Waals surface area contributed by atoms with Gasteiger partial charge in [0.1, 0.15) is 0 Å². The third kappa shape index (κ3) is 2.71. The average Bonchev–Trinajstić information content (AvgIpc) is 2.21. The van der Waals surface area contributed by atoms with Crippen molar-refractivity contribution < 1.29 is 14.6 Å². The van der Waals surface area contributed by atoms with Gasteiger partial charge in [-0.2, -0.15) is 0 Å². The molecule has 0 heterocycles. The van der Waals surface area contributed by atoms with E-state index in [0.717, 1.165) is 0 Å². The SMILES string of the molecule is COC(=O)C(O)c1cc(Br)cc(Cl)c1C. The summed E-state index contributed by atoms with van der Waals surface area (Å²) in [4.78, 5) is 11.2. The number of hydrogen-bond donors (Lipinski definition) is 1. The molecule has 1 rings (SSSR count). The molecule has 1 aromatic rings. The van der Waals surface area contributed by atoms with E-state index in [4.69, 9.17) is 11.6 Å². The summed E-state index contributed by atoms with van der Waals surface area (Å²) in [6.45, 7) is 1.73. The van der Waals surface area contributed by atoms with Crippen LogP contribution in [0.15, 0.2) is 16.6 Å². The monoisotopic (exact) mass is 292 g/mol. The van der Waals surface area contributed by atoms with E-state index in [1.165, 1.54) is 7.11 Å². The van der Waals surface area contributed by atoms with E-state index in [1.807, 2.05) is 0 Å². The van der Waals surface area contributed by atoms with Crippen LogP contribution in [0, 0.1) is 6.92 Å². The molecule has 0 aliphatic carbocycles. The summed E-state index contributed by atoms with van der Waals surface area (Å²) in [6.07, 6.45) is -1.30. The second-order valence-corrected chi connectivity index (χ2v) is 4.35. The van der Waals surface area contributed by atoms with Gasteiger partial charge in [0.15, 0.2) is 6.10 Å². The first-order valence-electron chi connectivity index (χ1n) is 4.18. The van der Waals surface area contributed by atoms with Gasteiger partial charge in [-0.15, -0.1) is 0 Å². The van der Waals surface area contributed by atoms with E-state index < -0.39 is 12.1 Å². The molecule has 0 bridgehead atoms. The number of aliphatic hydroxyl groups is 1. The van der Waals surface area contributed by atoms with Crippen LogP contribution < -0.4 is 0 Å². The minimum absolute atomic E-state index is 0.446. The fourth-order valence-electron chi connectivity index (χ4n) is 1.19. The van der Waals surface area contributed by atoms with Crippen molar-refractivity contribution in [2.75, 3.05) is 7.11 Å². The van der Waals surface area contributed by atoms with E-state index in [2.05, 4.69) is 20.7 Å². The van der Waals surface area contributed by atoms with Gasteiger partial charge in [-0.1, -0.05) is 27.5 Å². The van der Waals surface area contributed by atoms with Crippen LogP contribution in [0.25, 0.3) is 0 Å². The molecule has 1 atom stereocenters. The summed E-state index contributed by atoms with van der Waals surface area (Å²) in [5.74, 6) is -0.702. The molecule has 1 unspecified atom stereocenters. The molecule has 0 amide bonds. The molecular formula is C10H10BrClO3. The zero-order valence-corrected chi connectivity index (χ0v) is 10.6. The average molecular weight is 294 g/mol. The first kappa shape index (κ1) is 12.5. The van der Waals surface area contributed by atoms with E-state index in [9.17, 15) is 9.90 Å². The molecule has 0 aromatic heterocycles. The Morgan fingerprint density at radius 2 is 2.20 bits per heavy atom. The molecule has 82 valence electrons. The number of aliphatic hydroxyl groups excluding tert-OH is 1. The van der Waals surface area contributed by atoms with Crippen molar-refractivity contribution in [1.29, 1.82) is 0 Å². The van der Waals surface area contributed by atoms with E-state index >= 15 is 0 Å². The van der Waals surface area contributed by atoms with Crippen molar-refractivity contribution in [3.63, 3.8) is 0 Å². The highest BCUT2D eigenvalue weighted by Gasteiger charge is 2.21. The van der Waals surface area contributed by atoms with Gasteiger partial charge in [0.25, 0.3) is 0 Å². The highest BCUT2D eigenvalue weighted by atomic mass is 79.9. The van der Waals surface area contributed by atoms with Crippen LogP contribution >= 0.6 is 27.5 Å². The number of ether oxygens (including phenoxy) is 1. The number of halogens is 2. The molecule has 0 saturated carbocycles. The Morgan fingerprint density at radius 1 is 1.60 bits per heavy atom. The number of carbonyl (C=O) groups excluding carboxylic acids is 1. The van der Waals surface area contributed by atoms with Gasteiger partial charge >= 0.3 is 5.97 Å². The highest BCUT2D eigenvalue weighted by Crippen LogP contribution is 2.29. The second kappa shape index (κ2) is 4.96. The van der Waals surface area contributed by atoms with Crippen molar-refractivity contribution in [3.8, 4) is 0 Å². The maximum Gasteiger partial charge on any atom is 0.339 e.